The van der Waals surface area contributed by atoms with Crippen molar-refractivity contribution in [2.75, 3.05) is 62.6 Å². The minimum absolute atomic E-state index is 0. The summed E-state index contributed by atoms with van der Waals surface area (Å²) >= 11 is 0. The summed E-state index contributed by atoms with van der Waals surface area (Å²) in [6.07, 6.45) is -15.6. The minimum atomic E-state index is -5.34. The molecule has 0 aliphatic carbocycles. The molecular formula is C42H54B2F2N22Na2O22P4+2. The fourth-order valence-electron chi connectivity index (χ4n) is 11.2. The number of aromatic nitrogens is 16. The minimum Gasteiger partial charge on any atom is -0.756 e. The number of nitrogen functional groups attached to an aromatic ring is 4. The zero-order valence-corrected chi connectivity index (χ0v) is 57.9. The predicted molar refractivity (Wildman–Crippen MR) is 308 cm³/mol. The number of ether oxygens (including phenoxy) is 4. The Hall–Kier alpha value is -4.81. The molecule has 6 saturated heterocycles. The molecular weight excluding hydrogens is 1390 g/mol. The number of nitrogens with zero attached hydrogens (tertiary/aromatic N) is 14. The van der Waals surface area contributed by atoms with Crippen LogP contribution >= 0.6 is 30.6 Å². The normalized spacial score (nSPS) is 35.6. The molecule has 14 heterocycles. The third kappa shape index (κ3) is 14.4. The van der Waals surface area contributed by atoms with Crippen molar-refractivity contribution in [2.45, 2.75) is 86.1 Å². The van der Waals surface area contributed by atoms with Crippen LogP contribution < -0.4 is 115 Å². The van der Waals surface area contributed by atoms with E-state index in [0.717, 1.165) is 25.3 Å². The molecule has 8 aromatic heterocycles. The van der Waals surface area contributed by atoms with Crippen molar-refractivity contribution in [2.24, 2.45) is 11.8 Å². The van der Waals surface area contributed by atoms with E-state index in [1.807, 2.05) is 0 Å². The topological polar surface area (TPSA) is 657 Å². The maximum Gasteiger partial charge on any atom is 1.00 e. The van der Waals surface area contributed by atoms with Gasteiger partial charge in [-0.1, -0.05) is 0 Å². The molecule has 8 aromatic rings. The molecule has 6 aliphatic heterocycles. The van der Waals surface area contributed by atoms with E-state index >= 15 is 8.78 Å². The second-order valence-electron chi connectivity index (χ2n) is 21.0. The molecule has 4 bridgehead atoms. The van der Waals surface area contributed by atoms with Crippen LogP contribution in [-0.4, -0.2) is 204 Å². The SMILES string of the molecule is [B][P@@]1(=O)OC[C@H]2O[C@@H](n3cnc4c(=O)[nH]c(N)nc43)[C@H](OP(=O)([O-])OC[C@H]3O[C@@H](n4cnc5c(N)ncnc54)[C@H](F)[C@@H]3O1)[C@@H]2CO.[B][P@@]1(=O)OC[C@H]2O[C@@H](n3cnc4c(=O)[nH]c(N)nc43)[C@H](OP(=O)([O-])OC[C@H]3O[C@@H](n4cnc5c(N)ncnc54)[C@H](F)[C@@H]3O1)[C@@H]2CO.[NH4+].[NH4+].[Na+].[Na+]. The average molecular weight is 1450 g/mol. The monoisotopic (exact) mass is 1450 g/mol. The Morgan fingerprint density at radius 3 is 1.20 bits per heavy atom. The Morgan fingerprint density at radius 2 is 0.833 bits per heavy atom. The number of hydrogen-bond donors (Lipinski definition) is 10. The summed E-state index contributed by atoms with van der Waals surface area (Å²) in [6.45, 7) is -4.57. The molecule has 54 heteroatoms. The predicted octanol–water partition coefficient (Wildman–Crippen LogP) is -8.38. The number of alkyl halides is 2. The molecule has 96 heavy (non-hydrogen) atoms. The summed E-state index contributed by atoms with van der Waals surface area (Å²) in [6, 6.07) is 0. The van der Waals surface area contributed by atoms with Crippen molar-refractivity contribution in [3.63, 3.8) is 0 Å². The Balaban J connectivity index is 0.000000216. The maximum absolute atomic E-state index is 16.0. The summed E-state index contributed by atoms with van der Waals surface area (Å²) in [7, 11) is -8.27. The molecule has 20 N–H and O–H groups in total. The number of aliphatic hydroxyl groups excluding tert-OH is 2. The van der Waals surface area contributed by atoms with Gasteiger partial charge in [-0.3, -0.25) is 56.1 Å². The number of aliphatic hydroxyl groups is 2. The van der Waals surface area contributed by atoms with Crippen LogP contribution in [0.3, 0.4) is 0 Å². The molecule has 0 aromatic carbocycles. The van der Waals surface area contributed by atoms with Crippen LogP contribution in [0, 0.1) is 11.8 Å². The van der Waals surface area contributed by atoms with Gasteiger partial charge in [0, 0.05) is 11.8 Å². The van der Waals surface area contributed by atoms with Gasteiger partial charge in [-0.25, -0.2) is 48.7 Å². The van der Waals surface area contributed by atoms with Gasteiger partial charge in [-0.15, -0.1) is 0 Å². The third-order valence-corrected chi connectivity index (χ3v) is 19.4. The van der Waals surface area contributed by atoms with E-state index in [-0.39, 0.29) is 140 Å². The standard InChI is InChI=1S/2C21H24BFN10O11P2.2H3N.2Na/c2*22-45(36)39-2-8-7(1-34)13(20(41-8)33-6-29-12-17(33)30-21(25)31-18(12)35)44-46(37,38)40-3-9-14(43-45)10(23)19(42-9)32-5-28-11-15(24)26-4-27-16(11)32;;;;/h2*4-10,13-14,19-20,34H,1-3H2,(H,37,38)(H2,24,26,27)(H3,25,30,31,35);2*1H3;;/q;;;;2*+1/t2*7-,8-,9-,10-,13-,14-,19-,20-,45-;;;;/m11..../s1. The first-order valence-electron chi connectivity index (χ1n) is 26.8. The Bertz CT molecular complexity index is 4220. The van der Waals surface area contributed by atoms with Crippen LogP contribution in [0.5, 0.6) is 0 Å². The molecule has 6 aliphatic rings. The first-order chi connectivity index (χ1) is 43.7. The zero-order chi connectivity index (χ0) is 65.1. The molecule has 44 nitrogen and oxygen atoms in total. The molecule has 20 atom stereocenters. The number of nitrogens with one attached hydrogen (secondary N) is 2. The summed E-state index contributed by atoms with van der Waals surface area (Å²) in [5.41, 5.74) is 21.6. The summed E-state index contributed by atoms with van der Waals surface area (Å²) in [5, 5.41) is 20.5. The fraction of sp³-hybridized carbons (Fsp3) is 0.524. The summed E-state index contributed by atoms with van der Waals surface area (Å²) in [5.74, 6) is -2.88. The number of phosphoric acid groups is 2. The first kappa shape index (κ1) is 75.4. The number of halogens is 2. The second-order valence-corrected chi connectivity index (χ2v) is 26.8. The van der Waals surface area contributed by atoms with Crippen molar-refractivity contribution >= 4 is 114 Å². The number of phosphoric ester groups is 2. The van der Waals surface area contributed by atoms with E-state index in [9.17, 15) is 47.8 Å². The first-order valence-corrected chi connectivity index (χ1v) is 33.0. The van der Waals surface area contributed by atoms with Crippen LogP contribution in [0.1, 0.15) is 24.9 Å². The van der Waals surface area contributed by atoms with Crippen molar-refractivity contribution in [3.8, 4) is 0 Å². The number of anilines is 4. The quantitative estimate of drug-likeness (QED) is 0.0546. The Labute approximate surface area is 581 Å². The summed E-state index contributed by atoms with van der Waals surface area (Å²) < 4.78 is 156. The molecule has 0 spiro atoms. The van der Waals surface area contributed by atoms with Crippen LogP contribution in [0.25, 0.3) is 44.7 Å². The van der Waals surface area contributed by atoms with Gasteiger partial charge >= 0.3 is 59.1 Å². The number of aromatic amines is 2. The molecule has 6 fully saturated rings. The second kappa shape index (κ2) is 29.0. The van der Waals surface area contributed by atoms with Crippen molar-refractivity contribution in [3.05, 3.63) is 58.7 Å². The van der Waals surface area contributed by atoms with Gasteiger partial charge in [0.1, 0.15) is 60.3 Å². The van der Waals surface area contributed by atoms with Crippen LogP contribution in [-0.2, 0) is 73.4 Å². The van der Waals surface area contributed by atoms with E-state index < -0.39 is 179 Å². The Morgan fingerprint density at radius 1 is 0.500 bits per heavy atom. The molecule has 4 radical (unpaired) electrons. The number of quaternary nitrogens is 2. The molecule has 2 unspecified atom stereocenters. The van der Waals surface area contributed by atoms with Crippen molar-refractivity contribution in [1.29, 1.82) is 0 Å². The van der Waals surface area contributed by atoms with Gasteiger partial charge < -0.3 is 110 Å². The average Bonchev–Trinajstić information content (AvgIpc) is 1.64. The van der Waals surface area contributed by atoms with Gasteiger partial charge in [0.05, 0.1) is 77.2 Å². The molecule has 504 valence electrons. The van der Waals surface area contributed by atoms with Gasteiger partial charge in [0.15, 0.2) is 82.5 Å². The molecule has 14 rings (SSSR count). The van der Waals surface area contributed by atoms with E-state index in [1.165, 1.54) is 30.9 Å². The van der Waals surface area contributed by atoms with E-state index in [4.69, 9.17) is 93.2 Å². The summed E-state index contributed by atoms with van der Waals surface area (Å²) in [4.78, 5) is 95.6. The number of imidazole rings is 4. The Kier molecular flexibility index (Phi) is 22.8. The number of hydrogen-bond acceptors (Lipinski definition) is 36. The smallest absolute Gasteiger partial charge is 0.756 e. The fourth-order valence-corrected chi connectivity index (χ4v) is 15.1. The van der Waals surface area contributed by atoms with Gasteiger partial charge in [-0.05, 0) is 0 Å². The van der Waals surface area contributed by atoms with Crippen molar-refractivity contribution < 1.29 is 161 Å². The number of H-pyrrole nitrogens is 2. The van der Waals surface area contributed by atoms with Crippen molar-refractivity contribution in [1.82, 2.24) is 90.4 Å². The van der Waals surface area contributed by atoms with Gasteiger partial charge in [-0.2, -0.15) is 9.97 Å². The maximum atomic E-state index is 16.0. The van der Waals surface area contributed by atoms with Gasteiger partial charge in [0.2, 0.25) is 27.0 Å². The van der Waals surface area contributed by atoms with E-state index in [2.05, 4.69) is 59.8 Å². The number of rotatable bonds is 6. The molecule has 0 saturated carbocycles. The van der Waals surface area contributed by atoms with Crippen LogP contribution in [0.2, 0.25) is 0 Å². The van der Waals surface area contributed by atoms with Crippen LogP contribution in [0.4, 0.5) is 32.3 Å². The van der Waals surface area contributed by atoms with Gasteiger partial charge in [0.25, 0.3) is 41.7 Å². The largest absolute Gasteiger partial charge is 1.00 e. The van der Waals surface area contributed by atoms with E-state index in [1.54, 1.807) is 0 Å². The number of fused-ring (bicyclic) bond motifs is 10. The van der Waals surface area contributed by atoms with E-state index in [0.29, 0.717) is 0 Å². The number of nitrogens with two attached hydrogens (primary N) is 4. The van der Waals surface area contributed by atoms with Crippen LogP contribution in [0.15, 0.2) is 47.6 Å². The molecule has 0 amide bonds. The zero-order valence-electron chi connectivity index (χ0n) is 50.3. The third-order valence-electron chi connectivity index (χ3n) is 15.4.